The fourth-order valence-electron chi connectivity index (χ4n) is 13.0. The van der Waals surface area contributed by atoms with Crippen molar-refractivity contribution in [2.45, 2.75) is 176 Å². The number of aliphatic hydroxyl groups is 8. The van der Waals surface area contributed by atoms with Crippen LogP contribution >= 0.6 is 23.7 Å². The van der Waals surface area contributed by atoms with Crippen molar-refractivity contribution >= 4 is 65.0 Å². The third-order valence-corrected chi connectivity index (χ3v) is 19.9. The van der Waals surface area contributed by atoms with Crippen LogP contribution in [0.5, 0.6) is 17.2 Å². The van der Waals surface area contributed by atoms with E-state index in [9.17, 15) is 79.5 Å². The van der Waals surface area contributed by atoms with Crippen molar-refractivity contribution < 1.29 is 103 Å². The van der Waals surface area contributed by atoms with Gasteiger partial charge in [0.15, 0.2) is 11.5 Å². The lowest BCUT2D eigenvalue weighted by atomic mass is 9.92. The predicted molar refractivity (Wildman–Crippen MR) is 349 cm³/mol. The topological polar surface area (TPSA) is 466 Å². The number of nitrogens with zero attached hydrogens (tertiary/aromatic N) is 5. The van der Waals surface area contributed by atoms with E-state index in [0.717, 1.165) is 60.0 Å². The Labute approximate surface area is 572 Å². The monoisotopic (exact) mass is 1410 g/mol. The average molecular weight is 1410 g/mol. The molecule has 4 saturated heterocycles. The second kappa shape index (κ2) is 35.2. The van der Waals surface area contributed by atoms with Crippen LogP contribution in [0.25, 0.3) is 21.1 Å². The van der Waals surface area contributed by atoms with Gasteiger partial charge in [-0.25, -0.2) is 5.26 Å². The summed E-state index contributed by atoms with van der Waals surface area (Å²) in [7, 11) is 0. The first-order valence-electron chi connectivity index (χ1n) is 32.8. The first-order chi connectivity index (χ1) is 47.0. The van der Waals surface area contributed by atoms with Gasteiger partial charge in [-0.2, -0.15) is 0 Å². The van der Waals surface area contributed by atoms with Crippen LogP contribution in [0, 0.1) is 5.92 Å². The third-order valence-electron chi connectivity index (χ3n) is 18.5. The summed E-state index contributed by atoms with van der Waals surface area (Å²) in [4.78, 5) is 107. The Bertz CT molecular complexity index is 3340. The molecule has 4 aromatic rings. The Balaban J connectivity index is 0.960. The Hall–Kier alpha value is -7.26. The van der Waals surface area contributed by atoms with E-state index in [1.165, 1.54) is 74.6 Å². The molecule has 5 fully saturated rings. The summed E-state index contributed by atoms with van der Waals surface area (Å²) < 4.78 is 15.8. The second-order valence-electron chi connectivity index (χ2n) is 25.6. The number of hydrogen-bond donors (Lipinski definition) is 16. The Morgan fingerprint density at radius 1 is 0.745 bits per heavy atom. The van der Waals surface area contributed by atoms with Crippen molar-refractivity contribution in [3.8, 4) is 38.4 Å². The highest BCUT2D eigenvalue weighted by atomic mass is 32.2. The molecular weight excluding hydrogens is 1320 g/mol. The summed E-state index contributed by atoms with van der Waals surface area (Å²) in [6.45, 7) is 1.74. The molecule has 3 aromatic carbocycles. The summed E-state index contributed by atoms with van der Waals surface area (Å²) in [5, 5.41) is 136. The number of phenols is 1. The lowest BCUT2D eigenvalue weighted by Gasteiger charge is -2.39. The Morgan fingerprint density at radius 2 is 1.39 bits per heavy atom. The molecule has 98 heavy (non-hydrogen) atoms. The van der Waals surface area contributed by atoms with Crippen LogP contribution in [0.3, 0.4) is 0 Å². The fraction of sp³-hybridized carbons (Fsp3) is 0.578. The molecule has 7 amide bonds. The highest BCUT2D eigenvalue weighted by Crippen LogP contribution is 2.35. The average Bonchev–Trinajstić information content (AvgIpc) is 1.59. The van der Waals surface area contributed by atoms with Gasteiger partial charge >= 0.3 is 0 Å². The van der Waals surface area contributed by atoms with Gasteiger partial charge in [-0.3, -0.25) is 33.6 Å². The highest BCUT2D eigenvalue weighted by Gasteiger charge is 2.50. The van der Waals surface area contributed by atoms with E-state index in [0.29, 0.717) is 21.6 Å². The van der Waals surface area contributed by atoms with E-state index in [-0.39, 0.29) is 48.4 Å². The molecule has 0 radical (unpaired) electrons. The summed E-state index contributed by atoms with van der Waals surface area (Å²) in [5.74, 6) is -8.84. The van der Waals surface area contributed by atoms with Gasteiger partial charge in [-0.15, -0.1) is 10.2 Å². The summed E-state index contributed by atoms with van der Waals surface area (Å²) in [5.41, 5.74) is 1.53. The maximum atomic E-state index is 15.0. The molecule has 4 aliphatic heterocycles. The molecule has 34 heteroatoms. The Morgan fingerprint density at radius 3 is 2.04 bits per heavy atom. The number of rotatable bonds is 22. The number of phenolic OH excluding ortho intramolecular Hbond substituents is 1. The van der Waals surface area contributed by atoms with E-state index in [1.807, 2.05) is 24.3 Å². The normalized spacial score (nSPS) is 26.4. The standard InChI is InChI=1S/C64H87N11O21S2/c1-33-29-75-54(55(33)84)60(89)66-28-41(79)26-45(67-56(85)36-9-11-37(12-10-36)61-71-72-62(97-61)38-13-15-43(16-14-38)93-44-19-22-73(23-20-44)40-6-4-3-5-7-40)57(86)68-51(34(2)78)63(90)74-30-42(80)27-46(74)58(87)69-52(49(83)24-35-8-17-47(81)50(25-35)94-98-96-95-92)59(88)70-53(64(75)91)48(82)18-21-65-39(31-76)32-77/h8-17,25,33-34,39-42,44-46,48-49,51-55,65,76-84,92H,3-7,18-24,26-32H2,1-2H3,(H,66,89)(H,67,85)(H,68,86)(H,69,87)(H,70,88)/t33-,34+,41+,42+,45-,46-,48+,49+,51-,52-,53-,54-,55-/m0/s1. The van der Waals surface area contributed by atoms with Gasteiger partial charge in [0.25, 0.3) is 18.2 Å². The molecule has 1 aromatic heterocycles. The molecule has 0 bridgehead atoms. The maximum absolute atomic E-state index is 15.0. The third kappa shape index (κ3) is 19.2. The number of carbonyl (C=O) groups excluding carboxylic acids is 7. The molecule has 5 heterocycles. The van der Waals surface area contributed by atoms with E-state index in [4.69, 9.17) is 14.2 Å². The molecule has 1 saturated carbocycles. The van der Waals surface area contributed by atoms with Gasteiger partial charge in [0.1, 0.15) is 58.1 Å². The molecule has 5 aliphatic rings. The number of aromatic nitrogens is 2. The maximum Gasteiger partial charge on any atom is 0.261 e. The summed E-state index contributed by atoms with van der Waals surface area (Å²) in [6.07, 6.45) is -4.13. The number of likely N-dealkylation sites (tertiary alicyclic amines) is 1. The number of carbonyl (C=O) groups is 7. The van der Waals surface area contributed by atoms with Gasteiger partial charge in [0.2, 0.25) is 35.4 Å². The smallest absolute Gasteiger partial charge is 0.261 e. The lowest BCUT2D eigenvalue weighted by Crippen LogP contribution is -2.64. The van der Waals surface area contributed by atoms with Gasteiger partial charge in [0.05, 0.1) is 55.9 Å². The predicted octanol–water partition coefficient (Wildman–Crippen LogP) is -1.60. The second-order valence-corrected chi connectivity index (χ2v) is 27.0. The molecule has 0 unspecified atom stereocenters. The molecule has 1 aliphatic carbocycles. The Kier molecular flexibility index (Phi) is 26.9. The van der Waals surface area contributed by atoms with E-state index in [2.05, 4.69) is 56.4 Å². The number of aliphatic hydroxyl groups excluding tert-OH is 8. The van der Waals surface area contributed by atoms with Gasteiger partial charge in [0, 0.05) is 80.6 Å². The number of fused-ring (bicyclic) bond motifs is 2. The zero-order valence-electron chi connectivity index (χ0n) is 54.0. The molecule has 32 nitrogen and oxygen atoms in total. The van der Waals surface area contributed by atoms with Crippen molar-refractivity contribution in [3.63, 3.8) is 0 Å². The van der Waals surface area contributed by atoms with Crippen molar-refractivity contribution in [2.75, 3.05) is 52.5 Å². The molecule has 9 rings (SSSR count). The molecular formula is C64H87N11O21S2. The quantitative estimate of drug-likeness (QED) is 0.0182. The van der Waals surface area contributed by atoms with Crippen molar-refractivity contribution in [3.05, 3.63) is 77.9 Å². The highest BCUT2D eigenvalue weighted by molar-refractivity contribution is 7.90. The zero-order chi connectivity index (χ0) is 70.3. The minimum Gasteiger partial charge on any atom is -0.504 e. The number of benzene rings is 3. The van der Waals surface area contributed by atoms with Crippen LogP contribution in [0.2, 0.25) is 0 Å². The van der Waals surface area contributed by atoms with Crippen LogP contribution in [0.4, 0.5) is 0 Å². The zero-order valence-corrected chi connectivity index (χ0v) is 55.7. The minimum absolute atomic E-state index is 0.0141. The van der Waals surface area contributed by atoms with Crippen molar-refractivity contribution in [2.24, 2.45) is 5.92 Å². The largest absolute Gasteiger partial charge is 0.504 e. The molecule has 13 atom stereocenters. The molecule has 16 N–H and O–H groups in total. The summed E-state index contributed by atoms with van der Waals surface area (Å²) in [6, 6.07) is 5.72. The number of β-amino-alcohol motifs (C(OH)–C–C–N with tert-alkyl or cyclic N) is 1. The van der Waals surface area contributed by atoms with Crippen LogP contribution in [0.15, 0.2) is 66.7 Å². The number of ether oxygens (including phenoxy) is 1. The molecule has 0 spiro atoms. The van der Waals surface area contributed by atoms with Gasteiger partial charge in [-0.1, -0.05) is 65.1 Å². The van der Waals surface area contributed by atoms with Crippen LogP contribution < -0.4 is 40.8 Å². The number of amides is 7. The van der Waals surface area contributed by atoms with Crippen molar-refractivity contribution in [1.82, 2.24) is 56.8 Å². The minimum atomic E-state index is -2.16. The van der Waals surface area contributed by atoms with E-state index < -0.39 is 184 Å². The number of aromatic hydroxyl groups is 1. The van der Waals surface area contributed by atoms with Crippen LogP contribution in [-0.4, -0.2) is 261 Å². The van der Waals surface area contributed by atoms with Crippen molar-refractivity contribution in [1.29, 1.82) is 0 Å². The number of nitrogens with one attached hydrogen (secondary N) is 6. The van der Waals surface area contributed by atoms with Gasteiger partial charge in [-0.05, 0) is 99.7 Å². The van der Waals surface area contributed by atoms with Crippen LogP contribution in [0.1, 0.15) is 94.0 Å². The molecule has 536 valence electrons. The number of hydrogen-bond acceptors (Lipinski definition) is 27. The first-order valence-corrected chi connectivity index (χ1v) is 34.2. The fourth-order valence-corrected chi connectivity index (χ4v) is 14.1. The van der Waals surface area contributed by atoms with E-state index in [1.54, 1.807) is 12.1 Å². The van der Waals surface area contributed by atoms with Gasteiger partial charge < -0.3 is 101 Å². The summed E-state index contributed by atoms with van der Waals surface area (Å²) >= 11 is 1.38. The van der Waals surface area contributed by atoms with E-state index >= 15 is 0 Å². The first kappa shape index (κ1) is 75.0. The van der Waals surface area contributed by atoms with Crippen LogP contribution in [-0.2, 0) is 44.6 Å². The SMILES string of the molecule is C[C@@H](O)[C@@H]1NC(=O)[C@@H](NC(=O)c2ccc(-c3nnc(-c4ccc(OC5CCN(C6CCCCC6)CC5)cc4)s3)cc2)C[C@@H](O)CNC(=O)[C@@H]2[C@@H](O)[C@@H](C)CN2C(=O)[C@H]([C@H](O)CCNC(CO)CO)NC(=O)[C@H]([C@H](O)Cc2ccc(O)c(OSOOO)c2)NC(=O)[C@@H]2C[C@@H](O)CN2C1=O. The number of piperidine rings is 1. The lowest BCUT2D eigenvalue weighted by molar-refractivity contribution is -0.433.